The van der Waals surface area contributed by atoms with Gasteiger partial charge in [-0.15, -0.1) is 0 Å². The highest BCUT2D eigenvalue weighted by molar-refractivity contribution is 5.92. The third-order valence-electron chi connectivity index (χ3n) is 3.47. The molecule has 23 heavy (non-hydrogen) atoms. The highest BCUT2D eigenvalue weighted by Crippen LogP contribution is 2.17. The molecule has 0 N–H and O–H groups in total. The van der Waals surface area contributed by atoms with Crippen molar-refractivity contribution in [2.24, 2.45) is 0 Å². The fourth-order valence-electron chi connectivity index (χ4n) is 2.27. The Bertz CT molecular complexity index is 858. The van der Waals surface area contributed by atoms with Crippen LogP contribution in [-0.4, -0.2) is 20.7 Å². The monoisotopic (exact) mass is 313 g/mol. The first-order valence-electron chi connectivity index (χ1n) is 7.30. The van der Waals surface area contributed by atoms with Crippen LogP contribution in [0.3, 0.4) is 0 Å². The SMILES string of the molecule is CC(C)n1ncc2cc(C(=O)OCc3ccccc3F)cnc21. The number of fused-ring (bicyclic) bond motifs is 1. The molecule has 0 spiro atoms. The number of hydrogen-bond acceptors (Lipinski definition) is 4. The van der Waals surface area contributed by atoms with Crippen molar-refractivity contribution < 1.29 is 13.9 Å². The second-order valence-electron chi connectivity index (χ2n) is 5.49. The number of ether oxygens (including phenoxy) is 1. The van der Waals surface area contributed by atoms with E-state index in [9.17, 15) is 9.18 Å². The van der Waals surface area contributed by atoms with Gasteiger partial charge in [-0.05, 0) is 26.0 Å². The van der Waals surface area contributed by atoms with Gasteiger partial charge >= 0.3 is 5.97 Å². The van der Waals surface area contributed by atoms with Gasteiger partial charge in [0, 0.05) is 23.2 Å². The van der Waals surface area contributed by atoms with Crippen molar-refractivity contribution in [3.8, 4) is 0 Å². The summed E-state index contributed by atoms with van der Waals surface area (Å²) in [4.78, 5) is 16.4. The highest BCUT2D eigenvalue weighted by atomic mass is 19.1. The van der Waals surface area contributed by atoms with E-state index < -0.39 is 11.8 Å². The molecular formula is C17H16FN3O2. The molecule has 0 bridgehead atoms. The molecule has 2 aromatic heterocycles. The number of benzene rings is 1. The van der Waals surface area contributed by atoms with Crippen LogP contribution in [0.5, 0.6) is 0 Å². The molecule has 0 unspecified atom stereocenters. The fraction of sp³-hybridized carbons (Fsp3) is 0.235. The molecule has 0 saturated heterocycles. The van der Waals surface area contributed by atoms with Crippen molar-refractivity contribution in [3.63, 3.8) is 0 Å². The molecule has 0 aliphatic heterocycles. The molecule has 3 aromatic rings. The van der Waals surface area contributed by atoms with E-state index in [2.05, 4.69) is 10.1 Å². The normalized spacial score (nSPS) is 11.1. The summed E-state index contributed by atoms with van der Waals surface area (Å²) in [6.07, 6.45) is 3.11. The van der Waals surface area contributed by atoms with Crippen molar-refractivity contribution in [2.45, 2.75) is 26.5 Å². The molecular weight excluding hydrogens is 297 g/mol. The molecule has 0 fully saturated rings. The van der Waals surface area contributed by atoms with Crippen molar-refractivity contribution in [1.82, 2.24) is 14.8 Å². The van der Waals surface area contributed by atoms with Gasteiger partial charge < -0.3 is 4.74 Å². The Morgan fingerprint density at radius 2 is 2.09 bits per heavy atom. The molecule has 0 saturated carbocycles. The topological polar surface area (TPSA) is 57.0 Å². The van der Waals surface area contributed by atoms with Crippen molar-refractivity contribution in [1.29, 1.82) is 0 Å². The molecule has 6 heteroatoms. The van der Waals surface area contributed by atoms with E-state index in [0.717, 1.165) is 5.39 Å². The van der Waals surface area contributed by atoms with E-state index in [4.69, 9.17) is 4.74 Å². The van der Waals surface area contributed by atoms with Crippen LogP contribution in [0.25, 0.3) is 11.0 Å². The van der Waals surface area contributed by atoms with E-state index in [1.807, 2.05) is 13.8 Å². The largest absolute Gasteiger partial charge is 0.457 e. The zero-order valence-electron chi connectivity index (χ0n) is 12.9. The van der Waals surface area contributed by atoms with Gasteiger partial charge in [0.1, 0.15) is 12.4 Å². The molecule has 1 aromatic carbocycles. The van der Waals surface area contributed by atoms with Crippen LogP contribution in [0.4, 0.5) is 4.39 Å². The van der Waals surface area contributed by atoms with Gasteiger partial charge in [0.05, 0.1) is 11.8 Å². The van der Waals surface area contributed by atoms with Crippen molar-refractivity contribution in [3.05, 3.63) is 59.7 Å². The lowest BCUT2D eigenvalue weighted by molar-refractivity contribution is 0.0468. The zero-order valence-corrected chi connectivity index (χ0v) is 12.9. The fourth-order valence-corrected chi connectivity index (χ4v) is 2.27. The second-order valence-corrected chi connectivity index (χ2v) is 5.49. The number of pyridine rings is 1. The standard InChI is InChI=1S/C17H16FN3O2/c1-11(2)21-16-13(9-20-21)7-14(8-19-16)17(22)23-10-12-5-3-4-6-15(12)18/h3-9,11H,10H2,1-2H3. The first-order chi connectivity index (χ1) is 11.1. The predicted octanol–water partition coefficient (Wildman–Crippen LogP) is 3.51. The Morgan fingerprint density at radius 3 is 2.83 bits per heavy atom. The number of aromatic nitrogens is 3. The van der Waals surface area contributed by atoms with Crippen molar-refractivity contribution >= 4 is 17.0 Å². The van der Waals surface area contributed by atoms with Gasteiger partial charge in [-0.25, -0.2) is 18.9 Å². The van der Waals surface area contributed by atoms with E-state index in [1.165, 1.54) is 12.3 Å². The minimum absolute atomic E-state index is 0.116. The summed E-state index contributed by atoms with van der Waals surface area (Å²) >= 11 is 0. The molecule has 0 radical (unpaired) electrons. The maximum Gasteiger partial charge on any atom is 0.340 e. The van der Waals surface area contributed by atoms with Crippen LogP contribution in [0, 0.1) is 5.82 Å². The van der Waals surface area contributed by atoms with Crippen molar-refractivity contribution in [2.75, 3.05) is 0 Å². The molecule has 118 valence electrons. The Balaban J connectivity index is 1.77. The lowest BCUT2D eigenvalue weighted by Gasteiger charge is -2.07. The van der Waals surface area contributed by atoms with Gasteiger partial charge in [0.15, 0.2) is 5.65 Å². The third-order valence-corrected chi connectivity index (χ3v) is 3.47. The van der Waals surface area contributed by atoms with Crippen LogP contribution in [0.1, 0.15) is 35.8 Å². The summed E-state index contributed by atoms with van der Waals surface area (Å²) in [6.45, 7) is 3.89. The minimum Gasteiger partial charge on any atom is -0.457 e. The number of rotatable bonds is 4. The van der Waals surface area contributed by atoms with Gasteiger partial charge in [-0.1, -0.05) is 18.2 Å². The third kappa shape index (κ3) is 3.06. The summed E-state index contributed by atoms with van der Waals surface area (Å²) in [5.41, 5.74) is 1.37. The highest BCUT2D eigenvalue weighted by Gasteiger charge is 2.13. The molecule has 0 aliphatic carbocycles. The summed E-state index contributed by atoms with van der Waals surface area (Å²) in [7, 11) is 0. The van der Waals surface area contributed by atoms with Crippen LogP contribution < -0.4 is 0 Å². The number of nitrogens with zero attached hydrogens (tertiary/aromatic N) is 3. The number of hydrogen-bond donors (Lipinski definition) is 0. The van der Waals surface area contributed by atoms with Gasteiger partial charge in [-0.2, -0.15) is 5.10 Å². The quantitative estimate of drug-likeness (QED) is 0.692. The summed E-state index contributed by atoms with van der Waals surface area (Å²) in [5.74, 6) is -0.938. The second kappa shape index (κ2) is 6.16. The first-order valence-corrected chi connectivity index (χ1v) is 7.30. The number of halogens is 1. The zero-order chi connectivity index (χ0) is 16.4. The maximum atomic E-state index is 13.5. The van der Waals surface area contributed by atoms with Gasteiger partial charge in [0.25, 0.3) is 0 Å². The molecule has 5 nitrogen and oxygen atoms in total. The van der Waals surface area contributed by atoms with Crippen LogP contribution >= 0.6 is 0 Å². The van der Waals surface area contributed by atoms with E-state index in [-0.39, 0.29) is 12.6 Å². The lowest BCUT2D eigenvalue weighted by Crippen LogP contribution is -2.07. The molecule has 0 amide bonds. The molecule has 0 atom stereocenters. The Hall–Kier alpha value is -2.76. The average Bonchev–Trinajstić information content (AvgIpc) is 2.97. The molecule has 0 aliphatic rings. The maximum absolute atomic E-state index is 13.5. The van der Waals surface area contributed by atoms with Crippen LogP contribution in [0.2, 0.25) is 0 Å². The van der Waals surface area contributed by atoms with E-state index >= 15 is 0 Å². The Morgan fingerprint density at radius 1 is 1.30 bits per heavy atom. The minimum atomic E-state index is -0.542. The summed E-state index contributed by atoms with van der Waals surface area (Å²) < 4.78 is 20.4. The average molecular weight is 313 g/mol. The van der Waals surface area contributed by atoms with E-state index in [0.29, 0.717) is 16.8 Å². The van der Waals surface area contributed by atoms with E-state index in [1.54, 1.807) is 35.1 Å². The number of esters is 1. The molecule has 2 heterocycles. The summed E-state index contributed by atoms with van der Waals surface area (Å²) in [6, 6.07) is 8.05. The van der Waals surface area contributed by atoms with Crippen LogP contribution in [0.15, 0.2) is 42.7 Å². The smallest absolute Gasteiger partial charge is 0.340 e. The van der Waals surface area contributed by atoms with Crippen LogP contribution in [-0.2, 0) is 11.3 Å². The van der Waals surface area contributed by atoms with Gasteiger partial charge in [-0.3, -0.25) is 0 Å². The lowest BCUT2D eigenvalue weighted by atomic mass is 10.2. The number of carbonyl (C=O) groups excluding carboxylic acids is 1. The first kappa shape index (κ1) is 15.1. The van der Waals surface area contributed by atoms with Gasteiger partial charge in [0.2, 0.25) is 0 Å². The number of carbonyl (C=O) groups is 1. The Kier molecular flexibility index (Phi) is 4.06. The summed E-state index contributed by atoms with van der Waals surface area (Å²) in [5, 5.41) is 5.02. The Labute approximate surface area is 132 Å². The predicted molar refractivity (Wildman–Crippen MR) is 83.4 cm³/mol. The molecule has 3 rings (SSSR count).